The molecule has 0 aromatic carbocycles. The number of hydrogen-bond donors (Lipinski definition) is 1. The standard InChI is InChI=1S/C39H66O4/c1-3-5-7-9-11-13-14-15-16-17-18-19-20-22-24-26-32-36-39(42)43-37(34-30-27-28-31-35-38(40)41)33-29-25-23-21-12-10-8-6-4-2/h5,7,11,13,15-16,18-19,29,33,37H,3-4,6,8-10,12,14,17,20-28,30-32,34-36H2,1-2H3,(H,40,41)/b7-5-,13-11-,16-15-,19-18-,33-29-. The van der Waals surface area contributed by atoms with Gasteiger partial charge in [0.2, 0.25) is 0 Å². The average molecular weight is 599 g/mol. The number of rotatable bonds is 31. The quantitative estimate of drug-likeness (QED) is 0.0490. The van der Waals surface area contributed by atoms with Gasteiger partial charge in [-0.1, -0.05) is 133 Å². The molecule has 246 valence electrons. The molecule has 0 aromatic rings. The number of esters is 1. The van der Waals surface area contributed by atoms with Gasteiger partial charge in [-0.3, -0.25) is 9.59 Å². The van der Waals surface area contributed by atoms with E-state index < -0.39 is 5.97 Å². The van der Waals surface area contributed by atoms with Gasteiger partial charge < -0.3 is 9.84 Å². The first-order valence-corrected chi connectivity index (χ1v) is 17.8. The van der Waals surface area contributed by atoms with Crippen LogP contribution in [0.1, 0.15) is 168 Å². The van der Waals surface area contributed by atoms with E-state index in [4.69, 9.17) is 9.84 Å². The predicted octanol–water partition coefficient (Wildman–Crippen LogP) is 12.2. The summed E-state index contributed by atoms with van der Waals surface area (Å²) in [4.78, 5) is 23.2. The van der Waals surface area contributed by atoms with Gasteiger partial charge in [0.1, 0.15) is 6.10 Å². The highest BCUT2D eigenvalue weighted by molar-refractivity contribution is 5.69. The highest BCUT2D eigenvalue weighted by atomic mass is 16.5. The molecule has 0 aliphatic heterocycles. The fraction of sp³-hybridized carbons (Fsp3) is 0.692. The van der Waals surface area contributed by atoms with Crippen molar-refractivity contribution in [3.05, 3.63) is 60.8 Å². The molecule has 0 bridgehead atoms. The van der Waals surface area contributed by atoms with Gasteiger partial charge in [0, 0.05) is 12.8 Å². The Hall–Kier alpha value is -2.36. The maximum atomic E-state index is 12.5. The van der Waals surface area contributed by atoms with Gasteiger partial charge in [-0.05, 0) is 83.1 Å². The van der Waals surface area contributed by atoms with Gasteiger partial charge in [-0.25, -0.2) is 0 Å². The summed E-state index contributed by atoms with van der Waals surface area (Å²) in [5, 5.41) is 8.81. The minimum atomic E-state index is -0.727. The summed E-state index contributed by atoms with van der Waals surface area (Å²) in [6.07, 6.45) is 46.7. The zero-order valence-corrected chi connectivity index (χ0v) is 28.0. The number of aliphatic carboxylic acids is 1. The summed E-state index contributed by atoms with van der Waals surface area (Å²) in [7, 11) is 0. The zero-order chi connectivity index (χ0) is 31.5. The molecule has 0 heterocycles. The fourth-order valence-corrected chi connectivity index (χ4v) is 4.85. The number of carboxylic acids is 1. The normalized spacial score (nSPS) is 13.0. The predicted molar refractivity (Wildman–Crippen MR) is 185 cm³/mol. The van der Waals surface area contributed by atoms with Gasteiger partial charge in [0.05, 0.1) is 0 Å². The second-order valence-corrected chi connectivity index (χ2v) is 11.7. The van der Waals surface area contributed by atoms with Crippen molar-refractivity contribution >= 4 is 11.9 Å². The molecule has 0 aliphatic rings. The molecule has 0 fully saturated rings. The molecular formula is C39H66O4. The molecule has 0 saturated carbocycles. The van der Waals surface area contributed by atoms with Crippen LogP contribution in [0.2, 0.25) is 0 Å². The van der Waals surface area contributed by atoms with Crippen molar-refractivity contribution in [3.63, 3.8) is 0 Å². The maximum absolute atomic E-state index is 12.5. The summed E-state index contributed by atoms with van der Waals surface area (Å²) in [5.74, 6) is -0.815. The molecule has 0 amide bonds. The van der Waals surface area contributed by atoms with Crippen molar-refractivity contribution in [1.82, 2.24) is 0 Å². The highest BCUT2D eigenvalue weighted by Crippen LogP contribution is 2.15. The number of carbonyl (C=O) groups excluding carboxylic acids is 1. The Morgan fingerprint density at radius 2 is 1.05 bits per heavy atom. The Morgan fingerprint density at radius 1 is 0.558 bits per heavy atom. The molecule has 1 atom stereocenters. The lowest BCUT2D eigenvalue weighted by molar-refractivity contribution is -0.147. The third-order valence-corrected chi connectivity index (χ3v) is 7.46. The molecule has 0 saturated heterocycles. The molecular weight excluding hydrogens is 532 g/mol. The lowest BCUT2D eigenvalue weighted by Gasteiger charge is -2.15. The number of ether oxygens (including phenoxy) is 1. The number of carboxylic acid groups (broad SMARTS) is 1. The number of allylic oxidation sites excluding steroid dienone is 9. The Bertz CT molecular complexity index is 774. The van der Waals surface area contributed by atoms with Gasteiger partial charge in [0.25, 0.3) is 0 Å². The van der Waals surface area contributed by atoms with E-state index in [0.29, 0.717) is 6.42 Å². The molecule has 0 aliphatic carbocycles. The summed E-state index contributed by atoms with van der Waals surface area (Å²) in [6.45, 7) is 4.41. The van der Waals surface area contributed by atoms with Crippen LogP contribution >= 0.6 is 0 Å². The molecule has 0 aromatic heterocycles. The van der Waals surface area contributed by atoms with Crippen LogP contribution in [0.4, 0.5) is 0 Å². The van der Waals surface area contributed by atoms with E-state index in [2.05, 4.69) is 74.6 Å². The number of unbranched alkanes of at least 4 members (excludes halogenated alkanes) is 14. The van der Waals surface area contributed by atoms with Crippen molar-refractivity contribution in [2.45, 2.75) is 174 Å². The Morgan fingerprint density at radius 3 is 1.65 bits per heavy atom. The Balaban J connectivity index is 4.11. The average Bonchev–Trinajstić information content (AvgIpc) is 2.99. The van der Waals surface area contributed by atoms with Gasteiger partial charge in [-0.2, -0.15) is 0 Å². The molecule has 43 heavy (non-hydrogen) atoms. The van der Waals surface area contributed by atoms with Crippen LogP contribution < -0.4 is 0 Å². The molecule has 0 spiro atoms. The minimum Gasteiger partial charge on any atom is -0.481 e. The Kier molecular flexibility index (Phi) is 32.3. The van der Waals surface area contributed by atoms with Crippen molar-refractivity contribution in [3.8, 4) is 0 Å². The van der Waals surface area contributed by atoms with Crippen molar-refractivity contribution in [2.24, 2.45) is 0 Å². The molecule has 0 radical (unpaired) electrons. The summed E-state index contributed by atoms with van der Waals surface area (Å²) in [6, 6.07) is 0. The number of carbonyl (C=O) groups is 2. The third-order valence-electron chi connectivity index (χ3n) is 7.46. The van der Waals surface area contributed by atoms with E-state index in [-0.39, 0.29) is 18.5 Å². The Labute approximate surface area is 265 Å². The van der Waals surface area contributed by atoms with Gasteiger partial charge >= 0.3 is 11.9 Å². The first kappa shape index (κ1) is 40.6. The van der Waals surface area contributed by atoms with Gasteiger partial charge in [-0.15, -0.1) is 0 Å². The minimum absolute atomic E-state index is 0.0876. The SMILES string of the molecule is CC/C=C\C/C=C\C/C=C\C/C=C\CCCCCCC(=O)OC(/C=C\CCCCCCCCC)CCCCCCC(=O)O. The smallest absolute Gasteiger partial charge is 0.306 e. The molecule has 1 unspecified atom stereocenters. The lowest BCUT2D eigenvalue weighted by Crippen LogP contribution is -2.16. The van der Waals surface area contributed by atoms with Crippen LogP contribution in [0.15, 0.2) is 60.8 Å². The van der Waals surface area contributed by atoms with Crippen LogP contribution in [0.5, 0.6) is 0 Å². The van der Waals surface area contributed by atoms with Gasteiger partial charge in [0.15, 0.2) is 0 Å². The lowest BCUT2D eigenvalue weighted by atomic mass is 10.1. The van der Waals surface area contributed by atoms with Crippen LogP contribution in [-0.2, 0) is 14.3 Å². The van der Waals surface area contributed by atoms with Crippen LogP contribution in [-0.4, -0.2) is 23.1 Å². The summed E-state index contributed by atoms with van der Waals surface area (Å²) < 4.78 is 5.85. The summed E-state index contributed by atoms with van der Waals surface area (Å²) in [5.41, 5.74) is 0. The van der Waals surface area contributed by atoms with Crippen molar-refractivity contribution < 1.29 is 19.4 Å². The van der Waals surface area contributed by atoms with Crippen molar-refractivity contribution in [1.29, 1.82) is 0 Å². The van der Waals surface area contributed by atoms with Crippen LogP contribution in [0.3, 0.4) is 0 Å². The van der Waals surface area contributed by atoms with Crippen molar-refractivity contribution in [2.75, 3.05) is 0 Å². The fourth-order valence-electron chi connectivity index (χ4n) is 4.85. The topological polar surface area (TPSA) is 63.6 Å². The molecule has 4 nitrogen and oxygen atoms in total. The van der Waals surface area contributed by atoms with Crippen LogP contribution in [0.25, 0.3) is 0 Å². The maximum Gasteiger partial charge on any atom is 0.306 e. The molecule has 1 N–H and O–H groups in total. The highest BCUT2D eigenvalue weighted by Gasteiger charge is 2.11. The van der Waals surface area contributed by atoms with E-state index >= 15 is 0 Å². The van der Waals surface area contributed by atoms with Crippen LogP contribution in [0, 0.1) is 0 Å². The van der Waals surface area contributed by atoms with E-state index in [0.717, 1.165) is 96.3 Å². The zero-order valence-electron chi connectivity index (χ0n) is 28.0. The third kappa shape index (κ3) is 34.0. The summed E-state index contributed by atoms with van der Waals surface area (Å²) >= 11 is 0. The largest absolute Gasteiger partial charge is 0.481 e. The second-order valence-electron chi connectivity index (χ2n) is 11.7. The second kappa shape index (κ2) is 34.1. The van der Waals surface area contributed by atoms with E-state index in [1.807, 2.05) is 0 Å². The molecule has 0 rings (SSSR count). The van der Waals surface area contributed by atoms with E-state index in [1.165, 1.54) is 44.9 Å². The van der Waals surface area contributed by atoms with E-state index in [9.17, 15) is 9.59 Å². The first-order chi connectivity index (χ1) is 21.1. The number of hydrogen-bond acceptors (Lipinski definition) is 3. The first-order valence-electron chi connectivity index (χ1n) is 17.8. The van der Waals surface area contributed by atoms with E-state index in [1.54, 1.807) is 0 Å². The monoisotopic (exact) mass is 598 g/mol. The molecule has 4 heteroatoms.